The van der Waals surface area contributed by atoms with E-state index in [9.17, 15) is 4.79 Å². The average molecular weight is 224 g/mol. The number of likely N-dealkylation sites (tertiary alicyclic amines) is 1. The largest absolute Gasteiger partial charge is 0.339 e. The number of hydrogen-bond donors (Lipinski definition) is 1. The van der Waals surface area contributed by atoms with Crippen LogP contribution in [0.2, 0.25) is 0 Å². The van der Waals surface area contributed by atoms with Crippen LogP contribution in [-0.2, 0) is 4.79 Å². The van der Waals surface area contributed by atoms with E-state index < -0.39 is 0 Å². The predicted octanol–water partition coefficient (Wildman–Crippen LogP) is 1.78. The molecule has 1 N–H and O–H groups in total. The van der Waals surface area contributed by atoms with Crippen LogP contribution in [0.1, 0.15) is 45.4 Å². The molecule has 2 aliphatic heterocycles. The van der Waals surface area contributed by atoms with Crippen molar-refractivity contribution in [3.63, 3.8) is 0 Å². The Morgan fingerprint density at radius 1 is 1.38 bits per heavy atom. The minimum Gasteiger partial charge on any atom is -0.339 e. The highest BCUT2D eigenvalue weighted by Crippen LogP contribution is 2.28. The van der Waals surface area contributed by atoms with E-state index in [1.165, 1.54) is 19.3 Å². The second kappa shape index (κ2) is 5.67. The number of unbranched alkanes of at least 4 members (excludes halogenated alkanes) is 2. The maximum absolute atomic E-state index is 11.9. The van der Waals surface area contributed by atoms with Crippen molar-refractivity contribution in [2.24, 2.45) is 5.92 Å². The number of piperidine rings is 2. The van der Waals surface area contributed by atoms with E-state index in [1.54, 1.807) is 0 Å². The topological polar surface area (TPSA) is 32.3 Å². The van der Waals surface area contributed by atoms with Crippen LogP contribution in [0.3, 0.4) is 0 Å². The van der Waals surface area contributed by atoms with E-state index >= 15 is 0 Å². The first-order valence-electron chi connectivity index (χ1n) is 6.83. The molecule has 0 aromatic rings. The maximum Gasteiger partial charge on any atom is 0.222 e. The molecule has 3 nitrogen and oxygen atoms in total. The average Bonchev–Trinajstić information content (AvgIpc) is 2.32. The standard InChI is InChI=1S/C13H24N2O/c1-2-3-4-9-15-12-7-8-14-10-11(12)5-6-13(15)16/h11-12,14H,2-10H2,1H3. The van der Waals surface area contributed by atoms with Crippen molar-refractivity contribution in [3.05, 3.63) is 0 Å². The first-order valence-corrected chi connectivity index (χ1v) is 6.83. The first kappa shape index (κ1) is 11.9. The van der Waals surface area contributed by atoms with Gasteiger partial charge in [-0.3, -0.25) is 4.79 Å². The van der Waals surface area contributed by atoms with Gasteiger partial charge >= 0.3 is 0 Å². The molecular formula is C13H24N2O. The zero-order valence-corrected chi connectivity index (χ0v) is 10.4. The molecule has 2 atom stereocenters. The summed E-state index contributed by atoms with van der Waals surface area (Å²) >= 11 is 0. The second-order valence-electron chi connectivity index (χ2n) is 5.15. The molecule has 2 fully saturated rings. The molecule has 0 bridgehead atoms. The minimum absolute atomic E-state index is 0.402. The van der Waals surface area contributed by atoms with Crippen molar-refractivity contribution < 1.29 is 4.79 Å². The lowest BCUT2D eigenvalue weighted by Crippen LogP contribution is -2.55. The fourth-order valence-electron chi connectivity index (χ4n) is 3.07. The van der Waals surface area contributed by atoms with Crippen molar-refractivity contribution in [3.8, 4) is 0 Å². The van der Waals surface area contributed by atoms with Gasteiger partial charge in [0, 0.05) is 19.0 Å². The van der Waals surface area contributed by atoms with Crippen LogP contribution in [0, 0.1) is 5.92 Å². The molecule has 2 aliphatic rings. The summed E-state index contributed by atoms with van der Waals surface area (Å²) in [5.74, 6) is 1.12. The first-order chi connectivity index (χ1) is 7.83. The molecule has 3 heteroatoms. The summed E-state index contributed by atoms with van der Waals surface area (Å²) in [6.07, 6.45) is 6.69. The quantitative estimate of drug-likeness (QED) is 0.738. The Labute approximate surface area is 98.6 Å². The molecule has 0 saturated carbocycles. The number of carbonyl (C=O) groups excluding carboxylic acids is 1. The molecule has 2 heterocycles. The normalized spacial score (nSPS) is 30.3. The molecule has 16 heavy (non-hydrogen) atoms. The minimum atomic E-state index is 0.402. The molecule has 0 aromatic carbocycles. The van der Waals surface area contributed by atoms with Gasteiger partial charge in [0.1, 0.15) is 0 Å². The van der Waals surface area contributed by atoms with E-state index in [2.05, 4.69) is 17.1 Å². The fraction of sp³-hybridized carbons (Fsp3) is 0.923. The molecule has 0 aromatic heterocycles. The number of hydrogen-bond acceptors (Lipinski definition) is 2. The van der Waals surface area contributed by atoms with Gasteiger partial charge in [0.25, 0.3) is 0 Å². The number of amides is 1. The maximum atomic E-state index is 11.9. The number of fused-ring (bicyclic) bond motifs is 1. The monoisotopic (exact) mass is 224 g/mol. The van der Waals surface area contributed by atoms with Crippen molar-refractivity contribution in [2.75, 3.05) is 19.6 Å². The molecule has 2 unspecified atom stereocenters. The van der Waals surface area contributed by atoms with Crippen LogP contribution in [0.5, 0.6) is 0 Å². The Hall–Kier alpha value is -0.570. The second-order valence-corrected chi connectivity index (χ2v) is 5.15. The number of rotatable bonds is 4. The molecule has 0 radical (unpaired) electrons. The summed E-state index contributed by atoms with van der Waals surface area (Å²) in [6.45, 7) is 5.40. The number of nitrogens with zero attached hydrogens (tertiary/aromatic N) is 1. The van der Waals surface area contributed by atoms with Crippen LogP contribution in [0.15, 0.2) is 0 Å². The molecule has 2 rings (SSSR count). The molecule has 0 spiro atoms. The molecular weight excluding hydrogens is 200 g/mol. The molecule has 2 saturated heterocycles. The van der Waals surface area contributed by atoms with Crippen molar-refractivity contribution in [1.82, 2.24) is 10.2 Å². The highest BCUT2D eigenvalue weighted by atomic mass is 16.2. The third-order valence-electron chi connectivity index (χ3n) is 4.02. The van der Waals surface area contributed by atoms with Gasteiger partial charge in [0.15, 0.2) is 0 Å². The van der Waals surface area contributed by atoms with Gasteiger partial charge in [0.05, 0.1) is 0 Å². The summed E-state index contributed by atoms with van der Waals surface area (Å²) in [5, 5.41) is 3.45. The van der Waals surface area contributed by atoms with E-state index in [0.29, 0.717) is 17.9 Å². The lowest BCUT2D eigenvalue weighted by Gasteiger charge is -2.44. The van der Waals surface area contributed by atoms with Crippen LogP contribution < -0.4 is 5.32 Å². The third-order valence-corrected chi connectivity index (χ3v) is 4.02. The van der Waals surface area contributed by atoms with Crippen molar-refractivity contribution in [2.45, 2.75) is 51.5 Å². The van der Waals surface area contributed by atoms with Crippen LogP contribution in [-0.4, -0.2) is 36.5 Å². The van der Waals surface area contributed by atoms with E-state index in [4.69, 9.17) is 0 Å². The lowest BCUT2D eigenvalue weighted by atomic mass is 9.84. The van der Waals surface area contributed by atoms with E-state index in [1.807, 2.05) is 0 Å². The Kier molecular flexibility index (Phi) is 4.22. The SMILES string of the molecule is CCCCCN1C(=O)CCC2CNCCC21. The Balaban J connectivity index is 1.92. The molecule has 1 amide bonds. The lowest BCUT2D eigenvalue weighted by molar-refractivity contribution is -0.139. The molecule has 0 aliphatic carbocycles. The number of nitrogens with one attached hydrogen (secondary N) is 1. The Bertz CT molecular complexity index is 242. The summed E-state index contributed by atoms with van der Waals surface area (Å²) < 4.78 is 0. The smallest absolute Gasteiger partial charge is 0.222 e. The highest BCUT2D eigenvalue weighted by molar-refractivity contribution is 5.77. The predicted molar refractivity (Wildman–Crippen MR) is 65.2 cm³/mol. The highest BCUT2D eigenvalue weighted by Gasteiger charge is 2.36. The Morgan fingerprint density at radius 3 is 3.06 bits per heavy atom. The van der Waals surface area contributed by atoms with Gasteiger partial charge in [0.2, 0.25) is 5.91 Å². The van der Waals surface area contributed by atoms with Gasteiger partial charge in [-0.2, -0.15) is 0 Å². The van der Waals surface area contributed by atoms with Crippen molar-refractivity contribution >= 4 is 5.91 Å². The summed E-state index contributed by atoms with van der Waals surface area (Å²) in [4.78, 5) is 14.1. The van der Waals surface area contributed by atoms with E-state index in [-0.39, 0.29) is 0 Å². The summed E-state index contributed by atoms with van der Waals surface area (Å²) in [5.41, 5.74) is 0. The van der Waals surface area contributed by atoms with Gasteiger partial charge in [-0.05, 0) is 38.3 Å². The third kappa shape index (κ3) is 2.57. The van der Waals surface area contributed by atoms with Gasteiger partial charge in [-0.25, -0.2) is 0 Å². The van der Waals surface area contributed by atoms with Crippen LogP contribution in [0.25, 0.3) is 0 Å². The van der Waals surface area contributed by atoms with Crippen LogP contribution >= 0.6 is 0 Å². The number of carbonyl (C=O) groups is 1. The summed E-state index contributed by atoms with van der Waals surface area (Å²) in [7, 11) is 0. The van der Waals surface area contributed by atoms with Crippen molar-refractivity contribution in [1.29, 1.82) is 0 Å². The summed E-state index contributed by atoms with van der Waals surface area (Å²) in [6, 6.07) is 0.541. The fourth-order valence-corrected chi connectivity index (χ4v) is 3.07. The Morgan fingerprint density at radius 2 is 2.25 bits per heavy atom. The van der Waals surface area contributed by atoms with E-state index in [0.717, 1.165) is 38.9 Å². The molecule has 92 valence electrons. The van der Waals surface area contributed by atoms with Gasteiger partial charge < -0.3 is 10.2 Å². The van der Waals surface area contributed by atoms with Gasteiger partial charge in [-0.1, -0.05) is 19.8 Å². The van der Waals surface area contributed by atoms with Crippen LogP contribution in [0.4, 0.5) is 0 Å². The van der Waals surface area contributed by atoms with Gasteiger partial charge in [-0.15, -0.1) is 0 Å². The zero-order valence-electron chi connectivity index (χ0n) is 10.4. The zero-order chi connectivity index (χ0) is 11.4.